The highest BCUT2D eigenvalue weighted by Crippen LogP contribution is 2.24. The van der Waals surface area contributed by atoms with Crippen molar-refractivity contribution in [3.05, 3.63) is 54.1 Å². The standard InChI is InChI=1S/C14H12N4O3/c1-9(12(19)16-17-7-6-15-8-17)18-13(20)10-4-2-3-5-11(10)14(18)21/h2-9H,1H3,(H,16,19). The smallest absolute Gasteiger partial charge is 0.262 e. The average Bonchev–Trinajstić information content (AvgIpc) is 3.07. The lowest BCUT2D eigenvalue weighted by atomic mass is 10.1. The molecule has 3 amide bonds. The van der Waals surface area contributed by atoms with E-state index in [9.17, 15) is 14.4 Å². The van der Waals surface area contributed by atoms with Crippen molar-refractivity contribution < 1.29 is 14.4 Å². The molecule has 7 heteroatoms. The fourth-order valence-corrected chi connectivity index (χ4v) is 2.22. The minimum Gasteiger partial charge on any atom is -0.271 e. The summed E-state index contributed by atoms with van der Waals surface area (Å²) >= 11 is 0. The second-order valence-corrected chi connectivity index (χ2v) is 4.65. The molecule has 0 bridgehead atoms. The van der Waals surface area contributed by atoms with Gasteiger partial charge in [0.15, 0.2) is 0 Å². The van der Waals surface area contributed by atoms with E-state index in [-0.39, 0.29) is 0 Å². The number of nitrogens with zero attached hydrogens (tertiary/aromatic N) is 3. The quantitative estimate of drug-likeness (QED) is 0.838. The van der Waals surface area contributed by atoms with Crippen LogP contribution in [0.1, 0.15) is 27.6 Å². The van der Waals surface area contributed by atoms with Gasteiger partial charge in [-0.15, -0.1) is 0 Å². The van der Waals surface area contributed by atoms with Crippen molar-refractivity contribution in [1.29, 1.82) is 0 Å². The number of rotatable bonds is 3. The molecule has 3 rings (SSSR count). The van der Waals surface area contributed by atoms with Crippen LogP contribution in [0, 0.1) is 0 Å². The van der Waals surface area contributed by atoms with E-state index in [4.69, 9.17) is 0 Å². The lowest BCUT2D eigenvalue weighted by Crippen LogP contribution is -2.46. The Hall–Kier alpha value is -2.96. The highest BCUT2D eigenvalue weighted by Gasteiger charge is 2.40. The van der Waals surface area contributed by atoms with E-state index in [2.05, 4.69) is 10.4 Å². The number of amides is 3. The maximum Gasteiger partial charge on any atom is 0.262 e. The van der Waals surface area contributed by atoms with E-state index in [0.29, 0.717) is 11.1 Å². The summed E-state index contributed by atoms with van der Waals surface area (Å²) in [6, 6.07) is 5.61. The monoisotopic (exact) mass is 284 g/mol. The molecule has 1 aliphatic heterocycles. The summed E-state index contributed by atoms with van der Waals surface area (Å²) in [6.07, 6.45) is 4.47. The average molecular weight is 284 g/mol. The van der Waals surface area contributed by atoms with Crippen LogP contribution in [0.5, 0.6) is 0 Å². The van der Waals surface area contributed by atoms with Crippen LogP contribution in [-0.2, 0) is 4.79 Å². The van der Waals surface area contributed by atoms with E-state index in [1.165, 1.54) is 24.1 Å². The molecule has 0 spiro atoms. The van der Waals surface area contributed by atoms with Crippen LogP contribution in [0.4, 0.5) is 0 Å². The Bertz CT molecular complexity index is 689. The fourth-order valence-electron chi connectivity index (χ4n) is 2.22. The Morgan fingerprint density at radius 3 is 2.33 bits per heavy atom. The van der Waals surface area contributed by atoms with Gasteiger partial charge in [0.1, 0.15) is 12.4 Å². The van der Waals surface area contributed by atoms with Crippen molar-refractivity contribution in [2.45, 2.75) is 13.0 Å². The number of nitrogens with one attached hydrogen (secondary N) is 1. The molecular formula is C14H12N4O3. The summed E-state index contributed by atoms with van der Waals surface area (Å²) < 4.78 is 1.36. The maximum absolute atomic E-state index is 12.3. The van der Waals surface area contributed by atoms with Gasteiger partial charge in [0.25, 0.3) is 17.7 Å². The first-order valence-corrected chi connectivity index (χ1v) is 6.35. The number of carbonyl (C=O) groups excluding carboxylic acids is 3. The largest absolute Gasteiger partial charge is 0.271 e. The third-order valence-corrected chi connectivity index (χ3v) is 3.34. The Labute approximate surface area is 120 Å². The lowest BCUT2D eigenvalue weighted by Gasteiger charge is -2.21. The van der Waals surface area contributed by atoms with Gasteiger partial charge in [-0.3, -0.25) is 24.7 Å². The number of aromatic nitrogens is 2. The first-order valence-electron chi connectivity index (χ1n) is 6.35. The number of hydrogen-bond acceptors (Lipinski definition) is 4. The SMILES string of the molecule is CC(C(=O)Nn1ccnc1)N1C(=O)c2ccccc2C1=O. The van der Waals surface area contributed by atoms with E-state index in [1.54, 1.807) is 30.5 Å². The fraction of sp³-hybridized carbons (Fsp3) is 0.143. The van der Waals surface area contributed by atoms with Gasteiger partial charge in [-0.05, 0) is 19.1 Å². The first kappa shape index (κ1) is 13.0. The van der Waals surface area contributed by atoms with Crippen molar-refractivity contribution in [3.8, 4) is 0 Å². The highest BCUT2D eigenvalue weighted by atomic mass is 16.2. The van der Waals surface area contributed by atoms with Crippen LogP contribution in [0.2, 0.25) is 0 Å². The van der Waals surface area contributed by atoms with Crippen LogP contribution < -0.4 is 5.43 Å². The number of fused-ring (bicyclic) bond motifs is 1. The molecule has 0 aliphatic carbocycles. The molecule has 0 saturated carbocycles. The number of benzene rings is 1. The number of hydrogen-bond donors (Lipinski definition) is 1. The van der Waals surface area contributed by atoms with Gasteiger partial charge >= 0.3 is 0 Å². The van der Waals surface area contributed by atoms with Crippen LogP contribution in [-0.4, -0.2) is 38.3 Å². The molecule has 21 heavy (non-hydrogen) atoms. The molecule has 1 N–H and O–H groups in total. The van der Waals surface area contributed by atoms with Crippen molar-refractivity contribution >= 4 is 17.7 Å². The van der Waals surface area contributed by atoms with Gasteiger partial charge in [0.05, 0.1) is 11.1 Å². The van der Waals surface area contributed by atoms with Gasteiger partial charge in [-0.1, -0.05) is 12.1 Å². The number of imidazole rings is 1. The summed E-state index contributed by atoms with van der Waals surface area (Å²) in [6.45, 7) is 1.51. The van der Waals surface area contributed by atoms with E-state index in [0.717, 1.165) is 4.90 Å². The molecule has 1 aromatic heterocycles. The van der Waals surface area contributed by atoms with Gasteiger partial charge in [-0.25, -0.2) is 9.66 Å². The van der Waals surface area contributed by atoms with Gasteiger partial charge in [0.2, 0.25) is 0 Å². The van der Waals surface area contributed by atoms with Gasteiger partial charge in [0, 0.05) is 12.4 Å². The van der Waals surface area contributed by atoms with Crippen LogP contribution in [0.25, 0.3) is 0 Å². The second kappa shape index (κ2) is 4.86. The molecule has 106 valence electrons. The van der Waals surface area contributed by atoms with Crippen molar-refractivity contribution in [2.24, 2.45) is 0 Å². The van der Waals surface area contributed by atoms with Crippen molar-refractivity contribution in [2.75, 3.05) is 5.43 Å². The van der Waals surface area contributed by atoms with E-state index in [1.807, 2.05) is 0 Å². The molecule has 2 heterocycles. The molecule has 7 nitrogen and oxygen atoms in total. The topological polar surface area (TPSA) is 84.3 Å². The summed E-state index contributed by atoms with van der Waals surface area (Å²) in [4.78, 5) is 41.4. The third-order valence-electron chi connectivity index (χ3n) is 3.34. The Balaban J connectivity index is 1.83. The van der Waals surface area contributed by atoms with Crippen LogP contribution in [0.3, 0.4) is 0 Å². The molecule has 2 aromatic rings. The number of carbonyl (C=O) groups is 3. The van der Waals surface area contributed by atoms with E-state index < -0.39 is 23.8 Å². The first-order chi connectivity index (χ1) is 10.1. The summed E-state index contributed by atoms with van der Waals surface area (Å²) in [5.41, 5.74) is 3.18. The maximum atomic E-state index is 12.3. The molecule has 1 atom stereocenters. The van der Waals surface area contributed by atoms with Crippen LogP contribution in [0.15, 0.2) is 43.0 Å². The number of imide groups is 1. The second-order valence-electron chi connectivity index (χ2n) is 4.65. The Morgan fingerprint density at radius 1 is 1.19 bits per heavy atom. The minimum atomic E-state index is -0.917. The third kappa shape index (κ3) is 2.08. The molecule has 1 unspecified atom stereocenters. The molecule has 1 aliphatic rings. The summed E-state index contributed by atoms with van der Waals surface area (Å²) in [5.74, 6) is -1.38. The zero-order chi connectivity index (χ0) is 15.0. The summed E-state index contributed by atoms with van der Waals surface area (Å²) in [7, 11) is 0. The van der Waals surface area contributed by atoms with Gasteiger partial charge in [-0.2, -0.15) is 0 Å². The van der Waals surface area contributed by atoms with Gasteiger partial charge < -0.3 is 0 Å². The molecular weight excluding hydrogens is 272 g/mol. The van der Waals surface area contributed by atoms with Crippen molar-refractivity contribution in [1.82, 2.24) is 14.6 Å². The summed E-state index contributed by atoms with van der Waals surface area (Å²) in [5, 5.41) is 0. The Kier molecular flexibility index (Phi) is 3.02. The normalized spacial score (nSPS) is 15.0. The molecule has 0 fully saturated rings. The molecule has 1 aromatic carbocycles. The van der Waals surface area contributed by atoms with E-state index >= 15 is 0 Å². The zero-order valence-corrected chi connectivity index (χ0v) is 11.2. The highest BCUT2D eigenvalue weighted by molar-refractivity contribution is 6.23. The minimum absolute atomic E-state index is 0.324. The predicted molar refractivity (Wildman–Crippen MR) is 73.0 cm³/mol. The van der Waals surface area contributed by atoms with Crippen LogP contribution >= 0.6 is 0 Å². The van der Waals surface area contributed by atoms with Crippen molar-refractivity contribution in [3.63, 3.8) is 0 Å². The molecule has 0 saturated heterocycles. The Morgan fingerprint density at radius 2 is 1.81 bits per heavy atom. The lowest BCUT2D eigenvalue weighted by molar-refractivity contribution is -0.120. The molecule has 0 radical (unpaired) electrons. The predicted octanol–water partition coefficient (Wildman–Crippen LogP) is 0.638. The zero-order valence-electron chi connectivity index (χ0n) is 11.2.